The quantitative estimate of drug-likeness (QED) is 0.662. The average molecular weight is 422 g/mol. The van der Waals surface area contributed by atoms with Gasteiger partial charge in [-0.1, -0.05) is 23.1 Å². The Hall–Kier alpha value is -1.67. The molecular weight excluding hydrogens is 402 g/mol. The molecule has 1 unspecified atom stereocenters. The van der Waals surface area contributed by atoms with E-state index >= 15 is 0 Å². The number of nitriles is 1. The van der Waals surface area contributed by atoms with Gasteiger partial charge in [-0.25, -0.2) is 0 Å². The normalized spacial score (nSPS) is 18.3. The first kappa shape index (κ1) is 18.7. The van der Waals surface area contributed by atoms with E-state index in [1.165, 1.54) is 39.3 Å². The number of hydrogen-bond acceptors (Lipinski definition) is 9. The number of nitrogens with one attached hydrogen (secondary N) is 2. The summed E-state index contributed by atoms with van der Waals surface area (Å²) in [7, 11) is 0. The SMILES string of the molecule is N#Cc1c(NC(=O)CSc2nnc(NCC3CCCO3)s2)sc2c1CCC2. The van der Waals surface area contributed by atoms with Crippen LogP contribution in [0.2, 0.25) is 0 Å². The molecule has 142 valence electrons. The number of thioether (sulfide) groups is 1. The van der Waals surface area contributed by atoms with Gasteiger partial charge in [-0.3, -0.25) is 4.79 Å². The fourth-order valence-corrected chi connectivity index (χ4v) is 6.06. The van der Waals surface area contributed by atoms with Crippen LogP contribution in [0.25, 0.3) is 0 Å². The molecule has 2 aromatic heterocycles. The third-order valence-electron chi connectivity index (χ3n) is 4.52. The van der Waals surface area contributed by atoms with E-state index in [0.717, 1.165) is 60.3 Å². The predicted octanol–water partition coefficient (Wildman–Crippen LogP) is 3.28. The molecule has 1 aliphatic heterocycles. The molecule has 7 nitrogen and oxygen atoms in total. The second kappa shape index (κ2) is 8.56. The topological polar surface area (TPSA) is 99.9 Å². The summed E-state index contributed by atoms with van der Waals surface area (Å²) in [4.78, 5) is 13.5. The fourth-order valence-electron chi connectivity index (χ4n) is 3.25. The number of thiophene rings is 1. The van der Waals surface area contributed by atoms with Crippen LogP contribution in [0, 0.1) is 11.3 Å². The molecule has 0 saturated carbocycles. The molecule has 2 aliphatic rings. The van der Waals surface area contributed by atoms with Gasteiger partial charge < -0.3 is 15.4 Å². The van der Waals surface area contributed by atoms with Crippen molar-refractivity contribution in [1.82, 2.24) is 10.2 Å². The molecule has 27 heavy (non-hydrogen) atoms. The molecular formula is C17H19N5O2S3. The van der Waals surface area contributed by atoms with Crippen molar-refractivity contribution < 1.29 is 9.53 Å². The average Bonchev–Trinajstić information content (AvgIpc) is 3.42. The minimum Gasteiger partial charge on any atom is -0.376 e. The molecule has 0 aromatic carbocycles. The van der Waals surface area contributed by atoms with Crippen LogP contribution in [0.3, 0.4) is 0 Å². The number of carbonyl (C=O) groups excluding carboxylic acids is 1. The second-order valence-electron chi connectivity index (χ2n) is 6.40. The third-order valence-corrected chi connectivity index (χ3v) is 7.75. The molecule has 0 spiro atoms. The molecule has 1 aliphatic carbocycles. The zero-order valence-corrected chi connectivity index (χ0v) is 17.1. The van der Waals surface area contributed by atoms with Gasteiger partial charge in [0.05, 0.1) is 17.4 Å². The lowest BCUT2D eigenvalue weighted by Gasteiger charge is -2.08. The number of aromatic nitrogens is 2. The summed E-state index contributed by atoms with van der Waals surface area (Å²) in [6.07, 6.45) is 5.47. The molecule has 1 fully saturated rings. The molecule has 10 heteroatoms. The molecule has 1 saturated heterocycles. The van der Waals surface area contributed by atoms with Crippen LogP contribution >= 0.6 is 34.4 Å². The number of amides is 1. The summed E-state index contributed by atoms with van der Waals surface area (Å²) in [6.45, 7) is 1.57. The highest BCUT2D eigenvalue weighted by molar-refractivity contribution is 8.01. The van der Waals surface area contributed by atoms with Gasteiger partial charge in [0.2, 0.25) is 11.0 Å². The van der Waals surface area contributed by atoms with Gasteiger partial charge in [0.15, 0.2) is 4.34 Å². The fraction of sp³-hybridized carbons (Fsp3) is 0.529. The van der Waals surface area contributed by atoms with Crippen molar-refractivity contribution in [2.24, 2.45) is 0 Å². The molecule has 0 radical (unpaired) electrons. The Morgan fingerprint density at radius 1 is 1.33 bits per heavy atom. The minimum atomic E-state index is -0.125. The lowest BCUT2D eigenvalue weighted by atomic mass is 10.1. The first-order valence-corrected chi connectivity index (χ1v) is 11.5. The first-order valence-electron chi connectivity index (χ1n) is 8.89. The van der Waals surface area contributed by atoms with Crippen LogP contribution in [-0.4, -0.2) is 41.1 Å². The van der Waals surface area contributed by atoms with Crippen LogP contribution in [0.15, 0.2) is 4.34 Å². The summed E-state index contributed by atoms with van der Waals surface area (Å²) in [6, 6.07) is 2.25. The molecule has 0 bridgehead atoms. The van der Waals surface area contributed by atoms with E-state index in [-0.39, 0.29) is 17.8 Å². The highest BCUT2D eigenvalue weighted by Crippen LogP contribution is 2.38. The van der Waals surface area contributed by atoms with E-state index in [9.17, 15) is 10.1 Å². The Labute approximate surface area is 169 Å². The van der Waals surface area contributed by atoms with Crippen LogP contribution in [0.4, 0.5) is 10.1 Å². The lowest BCUT2D eigenvalue weighted by molar-refractivity contribution is -0.113. The number of carbonyl (C=O) groups is 1. The maximum Gasteiger partial charge on any atom is 0.235 e. The Morgan fingerprint density at radius 3 is 3.07 bits per heavy atom. The van der Waals surface area contributed by atoms with E-state index in [1.807, 2.05) is 0 Å². The van der Waals surface area contributed by atoms with Crippen LogP contribution in [0.5, 0.6) is 0 Å². The van der Waals surface area contributed by atoms with Gasteiger partial charge in [-0.15, -0.1) is 21.5 Å². The van der Waals surface area contributed by atoms with E-state index in [1.54, 1.807) is 0 Å². The van der Waals surface area contributed by atoms with E-state index in [4.69, 9.17) is 4.74 Å². The van der Waals surface area contributed by atoms with Gasteiger partial charge in [0.1, 0.15) is 11.1 Å². The van der Waals surface area contributed by atoms with Gasteiger partial charge in [-0.05, 0) is 37.7 Å². The predicted molar refractivity (Wildman–Crippen MR) is 108 cm³/mol. The van der Waals surface area contributed by atoms with E-state index in [0.29, 0.717) is 10.6 Å². The molecule has 1 amide bonds. The number of anilines is 2. The van der Waals surface area contributed by atoms with Crippen molar-refractivity contribution in [3.05, 3.63) is 16.0 Å². The molecule has 1 atom stereocenters. The minimum absolute atomic E-state index is 0.125. The Bertz CT molecular complexity index is 867. The zero-order valence-electron chi connectivity index (χ0n) is 14.6. The van der Waals surface area contributed by atoms with Crippen LogP contribution in [0.1, 0.15) is 35.3 Å². The van der Waals surface area contributed by atoms with Crippen molar-refractivity contribution in [3.63, 3.8) is 0 Å². The Balaban J connectivity index is 1.27. The second-order valence-corrected chi connectivity index (χ2v) is 9.70. The Kier molecular flexibility index (Phi) is 5.92. The lowest BCUT2D eigenvalue weighted by Crippen LogP contribution is -2.18. The van der Waals surface area contributed by atoms with Gasteiger partial charge >= 0.3 is 0 Å². The molecule has 2 aromatic rings. The van der Waals surface area contributed by atoms with Crippen molar-refractivity contribution in [3.8, 4) is 6.07 Å². The molecule has 4 rings (SSSR count). The smallest absolute Gasteiger partial charge is 0.235 e. The van der Waals surface area contributed by atoms with E-state index < -0.39 is 0 Å². The standard InChI is InChI=1S/C17H19N5O2S3/c18-7-12-11-4-1-5-13(11)26-15(12)20-14(23)9-25-17-22-21-16(27-17)19-8-10-3-2-6-24-10/h10H,1-6,8-9H2,(H,19,21)(H,20,23). The summed E-state index contributed by atoms with van der Waals surface area (Å²) < 4.78 is 6.32. The monoisotopic (exact) mass is 421 g/mol. The number of ether oxygens (including phenoxy) is 1. The van der Waals surface area contributed by atoms with Gasteiger partial charge in [0.25, 0.3) is 0 Å². The first-order chi connectivity index (χ1) is 13.2. The summed E-state index contributed by atoms with van der Waals surface area (Å²) in [5.41, 5.74) is 1.76. The van der Waals surface area contributed by atoms with Gasteiger partial charge in [0, 0.05) is 18.0 Å². The van der Waals surface area contributed by atoms with Crippen molar-refractivity contribution >= 4 is 50.5 Å². The van der Waals surface area contributed by atoms with Crippen molar-refractivity contribution in [1.29, 1.82) is 5.26 Å². The summed E-state index contributed by atoms with van der Waals surface area (Å²) in [5.74, 6) is 0.119. The van der Waals surface area contributed by atoms with E-state index in [2.05, 4.69) is 26.9 Å². The summed E-state index contributed by atoms with van der Waals surface area (Å²) in [5, 5.41) is 25.2. The largest absolute Gasteiger partial charge is 0.376 e. The summed E-state index contributed by atoms with van der Waals surface area (Å²) >= 11 is 4.33. The van der Waals surface area contributed by atoms with Crippen LogP contribution < -0.4 is 10.6 Å². The maximum absolute atomic E-state index is 12.3. The van der Waals surface area contributed by atoms with Crippen molar-refractivity contribution in [2.45, 2.75) is 42.5 Å². The highest BCUT2D eigenvalue weighted by Gasteiger charge is 2.23. The van der Waals surface area contributed by atoms with Gasteiger partial charge in [-0.2, -0.15) is 5.26 Å². The number of fused-ring (bicyclic) bond motifs is 1. The number of hydrogen-bond donors (Lipinski definition) is 2. The number of aryl methyl sites for hydroxylation is 1. The zero-order chi connectivity index (χ0) is 18.6. The number of rotatable bonds is 7. The number of nitrogens with zero attached hydrogens (tertiary/aromatic N) is 3. The molecule has 2 N–H and O–H groups in total. The molecule has 3 heterocycles. The third kappa shape index (κ3) is 4.43. The van der Waals surface area contributed by atoms with Crippen molar-refractivity contribution in [2.75, 3.05) is 29.5 Å². The highest BCUT2D eigenvalue weighted by atomic mass is 32.2. The van der Waals surface area contributed by atoms with Crippen LogP contribution in [-0.2, 0) is 22.4 Å². The maximum atomic E-state index is 12.3. The Morgan fingerprint density at radius 2 is 2.26 bits per heavy atom.